The largest absolute Gasteiger partial charge is 0.481 e. The van der Waals surface area contributed by atoms with Crippen LogP contribution >= 0.6 is 15.9 Å². The molecule has 1 saturated heterocycles. The van der Waals surface area contributed by atoms with E-state index in [0.29, 0.717) is 24.0 Å². The Morgan fingerprint density at radius 3 is 2.85 bits per heavy atom. The Labute approximate surface area is 124 Å². The third-order valence-corrected chi connectivity index (χ3v) is 3.99. The molecule has 2 rings (SSSR count). The summed E-state index contributed by atoms with van der Waals surface area (Å²) in [5, 5.41) is 8.65. The minimum Gasteiger partial charge on any atom is -0.481 e. The minimum atomic E-state index is -0.825. The van der Waals surface area contributed by atoms with Gasteiger partial charge in [0.1, 0.15) is 5.82 Å². The smallest absolute Gasteiger partial charge is 0.303 e. The van der Waals surface area contributed by atoms with E-state index in [4.69, 9.17) is 5.11 Å². The highest BCUT2D eigenvalue weighted by Gasteiger charge is 2.28. The molecule has 0 spiro atoms. The monoisotopic (exact) mass is 343 g/mol. The maximum atomic E-state index is 13.8. The topological polar surface area (TPSA) is 57.6 Å². The summed E-state index contributed by atoms with van der Waals surface area (Å²) >= 11 is 3.15. The molecule has 0 saturated carbocycles. The molecule has 108 valence electrons. The second-order valence-electron chi connectivity index (χ2n) is 4.96. The molecule has 1 N–H and O–H groups in total. The molecule has 0 bridgehead atoms. The van der Waals surface area contributed by atoms with Gasteiger partial charge in [-0.15, -0.1) is 0 Å². The summed E-state index contributed by atoms with van der Waals surface area (Å²) in [6.07, 6.45) is 1.44. The number of carboxylic acids is 1. The minimum absolute atomic E-state index is 0.0621. The number of aliphatic carboxylic acids is 1. The Hall–Kier alpha value is -1.43. The molecule has 1 aliphatic rings. The molecule has 1 atom stereocenters. The van der Waals surface area contributed by atoms with Crippen LogP contribution in [0.4, 0.5) is 4.39 Å². The zero-order chi connectivity index (χ0) is 14.7. The number of nitrogens with zero attached hydrogens (tertiary/aromatic N) is 1. The molecule has 6 heteroatoms. The number of hydrogen-bond acceptors (Lipinski definition) is 2. The number of carbonyl (C=O) groups excluding carboxylic acids is 1. The van der Waals surface area contributed by atoms with Crippen molar-refractivity contribution in [3.05, 3.63) is 34.1 Å². The molecule has 1 aromatic carbocycles. The molecular formula is C14H15BrFNO3. The van der Waals surface area contributed by atoms with Crippen LogP contribution in [0.1, 0.15) is 29.6 Å². The van der Waals surface area contributed by atoms with Crippen molar-refractivity contribution in [2.24, 2.45) is 5.92 Å². The fraction of sp³-hybridized carbons (Fsp3) is 0.429. The normalized spacial score (nSPS) is 18.3. The maximum Gasteiger partial charge on any atom is 0.303 e. The van der Waals surface area contributed by atoms with Gasteiger partial charge >= 0.3 is 5.97 Å². The first-order valence-electron chi connectivity index (χ1n) is 6.43. The lowest BCUT2D eigenvalue weighted by molar-refractivity contribution is -0.137. The number of amides is 1. The molecule has 1 aliphatic heterocycles. The van der Waals surface area contributed by atoms with Gasteiger partial charge in [-0.25, -0.2) is 4.39 Å². The van der Waals surface area contributed by atoms with Crippen LogP contribution in [-0.2, 0) is 4.79 Å². The summed E-state index contributed by atoms with van der Waals surface area (Å²) in [4.78, 5) is 24.3. The van der Waals surface area contributed by atoms with E-state index in [9.17, 15) is 14.0 Å². The van der Waals surface area contributed by atoms with E-state index in [1.807, 2.05) is 0 Å². The molecule has 0 aliphatic carbocycles. The van der Waals surface area contributed by atoms with E-state index in [-0.39, 0.29) is 23.8 Å². The highest BCUT2D eigenvalue weighted by Crippen LogP contribution is 2.24. The second-order valence-corrected chi connectivity index (χ2v) is 5.88. The van der Waals surface area contributed by atoms with Crippen molar-refractivity contribution < 1.29 is 19.1 Å². The van der Waals surface area contributed by atoms with Crippen LogP contribution in [0.3, 0.4) is 0 Å². The predicted molar refractivity (Wildman–Crippen MR) is 75.0 cm³/mol. The third kappa shape index (κ3) is 3.56. The second kappa shape index (κ2) is 6.35. The summed E-state index contributed by atoms with van der Waals surface area (Å²) in [5.41, 5.74) is 0.0621. The molecule has 4 nitrogen and oxygen atoms in total. The molecule has 0 radical (unpaired) electrons. The summed E-state index contributed by atoms with van der Waals surface area (Å²) in [7, 11) is 0. The molecule has 20 heavy (non-hydrogen) atoms. The lowest BCUT2D eigenvalue weighted by Crippen LogP contribution is -2.29. The van der Waals surface area contributed by atoms with Crippen molar-refractivity contribution in [3.8, 4) is 0 Å². The van der Waals surface area contributed by atoms with E-state index < -0.39 is 11.8 Å². The lowest BCUT2D eigenvalue weighted by atomic mass is 10.0. The first-order chi connectivity index (χ1) is 9.47. The van der Waals surface area contributed by atoms with E-state index in [0.717, 1.165) is 6.42 Å². The van der Waals surface area contributed by atoms with Gasteiger partial charge in [0, 0.05) is 24.0 Å². The van der Waals surface area contributed by atoms with E-state index in [2.05, 4.69) is 15.9 Å². The van der Waals surface area contributed by atoms with Crippen molar-refractivity contribution >= 4 is 27.8 Å². The van der Waals surface area contributed by atoms with Crippen molar-refractivity contribution in [2.45, 2.75) is 19.3 Å². The van der Waals surface area contributed by atoms with Crippen molar-refractivity contribution in [2.75, 3.05) is 13.1 Å². The van der Waals surface area contributed by atoms with Crippen molar-refractivity contribution in [1.29, 1.82) is 0 Å². The van der Waals surface area contributed by atoms with Crippen molar-refractivity contribution in [1.82, 2.24) is 4.90 Å². The SMILES string of the molecule is O=C(O)CCC1CCN(C(=O)c2ccc(Br)cc2F)C1. The van der Waals surface area contributed by atoms with Gasteiger partial charge in [0.25, 0.3) is 5.91 Å². The quantitative estimate of drug-likeness (QED) is 0.914. The van der Waals surface area contributed by atoms with Crippen LogP contribution in [0.2, 0.25) is 0 Å². The number of likely N-dealkylation sites (tertiary alicyclic amines) is 1. The van der Waals surface area contributed by atoms with Gasteiger partial charge in [-0.2, -0.15) is 0 Å². The van der Waals surface area contributed by atoms with Crippen LogP contribution in [-0.4, -0.2) is 35.0 Å². The van der Waals surface area contributed by atoms with Crippen LogP contribution in [0.5, 0.6) is 0 Å². The number of carboxylic acid groups (broad SMARTS) is 1. The first kappa shape index (κ1) is 15.0. The number of carbonyl (C=O) groups is 2. The molecule has 0 aromatic heterocycles. The first-order valence-corrected chi connectivity index (χ1v) is 7.23. The third-order valence-electron chi connectivity index (χ3n) is 3.50. The van der Waals surface area contributed by atoms with Gasteiger partial charge in [-0.1, -0.05) is 15.9 Å². The molecule has 1 fully saturated rings. The number of hydrogen-bond donors (Lipinski definition) is 1. The Bertz CT molecular complexity index is 535. The van der Waals surface area contributed by atoms with Gasteiger partial charge in [0.15, 0.2) is 0 Å². The summed E-state index contributed by atoms with van der Waals surface area (Å²) in [6.45, 7) is 1.06. The zero-order valence-electron chi connectivity index (χ0n) is 10.8. The lowest BCUT2D eigenvalue weighted by Gasteiger charge is -2.17. The van der Waals surface area contributed by atoms with Gasteiger partial charge < -0.3 is 10.0 Å². The molecule has 1 aromatic rings. The average molecular weight is 344 g/mol. The predicted octanol–water partition coefficient (Wildman–Crippen LogP) is 2.92. The van der Waals surface area contributed by atoms with Gasteiger partial charge in [0.2, 0.25) is 0 Å². The Balaban J connectivity index is 1.99. The zero-order valence-corrected chi connectivity index (χ0v) is 12.4. The number of rotatable bonds is 4. The standard InChI is InChI=1S/C14H15BrFNO3/c15-10-2-3-11(12(16)7-10)14(20)17-6-5-9(8-17)1-4-13(18)19/h2-3,7,9H,1,4-6,8H2,(H,18,19). The molecule has 1 amide bonds. The van der Waals surface area contributed by atoms with Crippen LogP contribution in [0.25, 0.3) is 0 Å². The van der Waals surface area contributed by atoms with Crippen LogP contribution < -0.4 is 0 Å². The highest BCUT2D eigenvalue weighted by molar-refractivity contribution is 9.10. The van der Waals surface area contributed by atoms with Crippen molar-refractivity contribution in [3.63, 3.8) is 0 Å². The van der Waals surface area contributed by atoms with Crippen LogP contribution in [0, 0.1) is 11.7 Å². The van der Waals surface area contributed by atoms with Crippen LogP contribution in [0.15, 0.2) is 22.7 Å². The Morgan fingerprint density at radius 1 is 1.45 bits per heavy atom. The highest BCUT2D eigenvalue weighted by atomic mass is 79.9. The van der Waals surface area contributed by atoms with E-state index in [1.165, 1.54) is 12.1 Å². The summed E-state index contributed by atoms with van der Waals surface area (Å²) in [6, 6.07) is 4.37. The number of halogens is 2. The Morgan fingerprint density at radius 2 is 2.20 bits per heavy atom. The van der Waals surface area contributed by atoms with Gasteiger partial charge in [0.05, 0.1) is 5.56 Å². The average Bonchev–Trinajstić information content (AvgIpc) is 2.84. The van der Waals surface area contributed by atoms with Gasteiger partial charge in [-0.05, 0) is 37.0 Å². The maximum absolute atomic E-state index is 13.8. The van der Waals surface area contributed by atoms with Gasteiger partial charge in [-0.3, -0.25) is 9.59 Å². The molecule has 1 unspecified atom stereocenters. The summed E-state index contributed by atoms with van der Waals surface area (Å²) < 4.78 is 14.3. The fourth-order valence-corrected chi connectivity index (χ4v) is 2.75. The summed E-state index contributed by atoms with van der Waals surface area (Å²) in [5.74, 6) is -1.51. The molecular weight excluding hydrogens is 329 g/mol. The van der Waals surface area contributed by atoms with E-state index >= 15 is 0 Å². The molecule has 1 heterocycles. The number of benzene rings is 1. The Kier molecular flexibility index (Phi) is 4.75. The fourth-order valence-electron chi connectivity index (χ4n) is 2.41. The van der Waals surface area contributed by atoms with E-state index in [1.54, 1.807) is 11.0 Å².